The number of halogens is 3. The number of imide groups is 1. The monoisotopic (exact) mass is 796 g/mol. The summed E-state index contributed by atoms with van der Waals surface area (Å²) < 4.78 is 47.6. The van der Waals surface area contributed by atoms with Crippen LogP contribution in [0.25, 0.3) is 10.9 Å². The van der Waals surface area contributed by atoms with E-state index in [1.54, 1.807) is 44.2 Å². The summed E-state index contributed by atoms with van der Waals surface area (Å²) in [6.45, 7) is 5.08. The van der Waals surface area contributed by atoms with Crippen molar-refractivity contribution in [3.05, 3.63) is 113 Å². The van der Waals surface area contributed by atoms with E-state index in [4.69, 9.17) is 9.84 Å². The quantitative estimate of drug-likeness (QED) is 0.0649. The van der Waals surface area contributed by atoms with Crippen molar-refractivity contribution >= 4 is 34.3 Å². The lowest BCUT2D eigenvalue weighted by Crippen LogP contribution is -2.37. The van der Waals surface area contributed by atoms with Crippen LogP contribution < -0.4 is 20.7 Å². The molecule has 0 unspecified atom stereocenters. The summed E-state index contributed by atoms with van der Waals surface area (Å²) in [5, 5.41) is 25.2. The number of anilines is 1. The van der Waals surface area contributed by atoms with Gasteiger partial charge in [0.15, 0.2) is 0 Å². The Labute approximate surface area is 334 Å². The first-order chi connectivity index (χ1) is 27.7. The summed E-state index contributed by atoms with van der Waals surface area (Å²) in [6.07, 6.45) is 5.69. The largest absolute Gasteiger partial charge is 0.457 e. The number of nitrogens with one attached hydrogen (secondary N) is 3. The number of benzene rings is 3. The zero-order valence-corrected chi connectivity index (χ0v) is 32.5. The molecule has 2 aliphatic rings. The fourth-order valence-electron chi connectivity index (χ4n) is 7.79. The van der Waals surface area contributed by atoms with Gasteiger partial charge < -0.3 is 20.5 Å². The number of alkyl halides is 3. The third-order valence-corrected chi connectivity index (χ3v) is 10.9. The number of aryl methyl sites for hydroxylation is 1. The molecule has 0 radical (unpaired) electrons. The third-order valence-electron chi connectivity index (χ3n) is 10.9. The lowest BCUT2D eigenvalue weighted by molar-refractivity contribution is -0.141. The van der Waals surface area contributed by atoms with Crippen molar-refractivity contribution in [2.75, 3.05) is 18.4 Å². The van der Waals surface area contributed by atoms with Gasteiger partial charge in [-0.1, -0.05) is 36.8 Å². The van der Waals surface area contributed by atoms with Gasteiger partial charge in [-0.05, 0) is 131 Å². The van der Waals surface area contributed by atoms with E-state index in [9.17, 15) is 32.7 Å². The van der Waals surface area contributed by atoms with Crippen LogP contribution in [0.2, 0.25) is 0 Å². The van der Waals surface area contributed by atoms with Gasteiger partial charge in [0, 0.05) is 22.8 Å². The highest BCUT2D eigenvalue weighted by molar-refractivity contribution is 6.11. The summed E-state index contributed by atoms with van der Waals surface area (Å²) in [5.41, 5.74) is 0.704. The van der Waals surface area contributed by atoms with Gasteiger partial charge in [0.1, 0.15) is 22.9 Å². The molecule has 3 heterocycles. The van der Waals surface area contributed by atoms with Crippen molar-refractivity contribution in [1.82, 2.24) is 25.4 Å². The molecule has 4 N–H and O–H groups in total. The number of nitrogens with zero attached hydrogens (tertiary/aromatic N) is 3. The molecule has 0 spiro atoms. The lowest BCUT2D eigenvalue weighted by atomic mass is 9.86. The molecule has 2 aromatic heterocycles. The first kappa shape index (κ1) is 40.6. The molecule has 0 bridgehead atoms. The predicted molar refractivity (Wildman–Crippen MR) is 213 cm³/mol. The summed E-state index contributed by atoms with van der Waals surface area (Å²) in [7, 11) is 0. The zero-order chi connectivity index (χ0) is 41.0. The molecule has 1 aliphatic heterocycles. The molecule has 304 valence electrons. The molecule has 1 fully saturated rings. The van der Waals surface area contributed by atoms with E-state index in [1.807, 2.05) is 35.1 Å². The SMILES string of the molecule is CC(C)(O)c1cc2nn(C3CCC(CNCCCCCc4ccc(Oc5cccc6c5C(=O)NC(=O)C6)cc4)CC3)cc2cc1NC(=O)c1cccc(C(F)(F)F)n1. The Kier molecular flexibility index (Phi) is 12.0. The minimum absolute atomic E-state index is 0.155. The molecule has 3 amide bonds. The number of ether oxygens (including phenoxy) is 1. The molecule has 1 saturated carbocycles. The van der Waals surface area contributed by atoms with Gasteiger partial charge in [-0.25, -0.2) is 4.98 Å². The first-order valence-electron chi connectivity index (χ1n) is 19.8. The Morgan fingerprint density at radius 3 is 2.47 bits per heavy atom. The van der Waals surface area contributed by atoms with Crippen LogP contribution in [0.1, 0.15) is 108 Å². The second kappa shape index (κ2) is 17.1. The number of aliphatic hydroxyl groups is 1. The number of pyridine rings is 1. The minimum Gasteiger partial charge on any atom is -0.457 e. The summed E-state index contributed by atoms with van der Waals surface area (Å²) in [6, 6.07) is 20.0. The number of fused-ring (bicyclic) bond motifs is 2. The molecule has 0 atom stereocenters. The summed E-state index contributed by atoms with van der Waals surface area (Å²) >= 11 is 0. The molecule has 3 aromatic carbocycles. The average Bonchev–Trinajstić information content (AvgIpc) is 3.60. The lowest BCUT2D eigenvalue weighted by Gasteiger charge is -2.28. The molecule has 5 aromatic rings. The maximum Gasteiger partial charge on any atom is 0.433 e. The highest BCUT2D eigenvalue weighted by Crippen LogP contribution is 2.36. The van der Waals surface area contributed by atoms with Gasteiger partial charge in [0.05, 0.1) is 29.1 Å². The fraction of sp³-hybridized carbons (Fsp3) is 0.386. The molecular weight excluding hydrogens is 750 g/mol. The number of hydrogen-bond donors (Lipinski definition) is 4. The van der Waals surface area contributed by atoms with Crippen molar-refractivity contribution in [1.29, 1.82) is 0 Å². The van der Waals surface area contributed by atoms with Crippen LogP contribution >= 0.6 is 0 Å². The number of amides is 3. The van der Waals surface area contributed by atoms with Crippen LogP contribution in [0.4, 0.5) is 18.9 Å². The van der Waals surface area contributed by atoms with Crippen LogP contribution in [-0.2, 0) is 29.4 Å². The fourth-order valence-corrected chi connectivity index (χ4v) is 7.79. The van der Waals surface area contributed by atoms with Crippen LogP contribution in [0.5, 0.6) is 11.5 Å². The number of hydrogen-bond acceptors (Lipinski definition) is 8. The average molecular weight is 797 g/mol. The number of aromatic nitrogens is 3. The molecular formula is C44H47F3N6O5. The normalized spacial score (nSPS) is 17.2. The standard InChI is InChI=1S/C44H47F3N6O5/c1-43(2,57)33-24-35-30(22-36(33)50-41(55)34-10-7-12-38(49-34)44(45,46)47)26-53(52-35)31-17-13-28(14-18-31)25-48-21-5-3-4-8-27-15-19-32(20-16-27)58-37-11-6-9-29-23-39(54)51-42(56)40(29)37/h6-7,9-12,15-16,19-20,22,24,26,28,31,48,57H,3-5,8,13-14,17-18,21,23,25H2,1-2H3,(H,50,55)(H,51,54,56). The van der Waals surface area contributed by atoms with Gasteiger partial charge in [-0.2, -0.15) is 18.3 Å². The minimum atomic E-state index is -4.69. The first-order valence-corrected chi connectivity index (χ1v) is 19.8. The maximum absolute atomic E-state index is 13.2. The van der Waals surface area contributed by atoms with Gasteiger partial charge in [-0.15, -0.1) is 0 Å². The van der Waals surface area contributed by atoms with Gasteiger partial charge in [0.2, 0.25) is 5.91 Å². The number of carbonyl (C=O) groups excluding carboxylic acids is 3. The second-order valence-corrected chi connectivity index (χ2v) is 15.8. The Bertz CT molecular complexity index is 2290. The third kappa shape index (κ3) is 9.74. The Morgan fingerprint density at radius 2 is 1.72 bits per heavy atom. The van der Waals surface area contributed by atoms with Gasteiger partial charge in [-0.3, -0.25) is 24.4 Å². The van der Waals surface area contributed by atoms with E-state index in [0.717, 1.165) is 82.0 Å². The van der Waals surface area contributed by atoms with E-state index in [0.29, 0.717) is 39.6 Å². The molecule has 7 rings (SSSR count). The molecule has 11 nitrogen and oxygen atoms in total. The van der Waals surface area contributed by atoms with Crippen molar-refractivity contribution in [2.45, 2.75) is 89.5 Å². The molecule has 1 aliphatic carbocycles. The van der Waals surface area contributed by atoms with Gasteiger partial charge >= 0.3 is 6.18 Å². The molecule has 0 saturated heterocycles. The van der Waals surface area contributed by atoms with Crippen LogP contribution in [0, 0.1) is 5.92 Å². The van der Waals surface area contributed by atoms with Crippen LogP contribution in [0.15, 0.2) is 79.0 Å². The topological polar surface area (TPSA) is 147 Å². The Balaban J connectivity index is 0.837. The van der Waals surface area contributed by atoms with E-state index >= 15 is 0 Å². The highest BCUT2D eigenvalue weighted by atomic mass is 19.4. The van der Waals surface area contributed by atoms with Crippen LogP contribution in [-0.4, -0.2) is 50.7 Å². The van der Waals surface area contributed by atoms with E-state index in [2.05, 4.69) is 20.9 Å². The van der Waals surface area contributed by atoms with Crippen molar-refractivity contribution in [3.8, 4) is 11.5 Å². The Hall–Kier alpha value is -5.60. The van der Waals surface area contributed by atoms with E-state index in [-0.39, 0.29) is 29.8 Å². The number of rotatable bonds is 14. The van der Waals surface area contributed by atoms with E-state index in [1.165, 1.54) is 11.6 Å². The summed E-state index contributed by atoms with van der Waals surface area (Å²) in [5.74, 6) is 0.0893. The molecule has 58 heavy (non-hydrogen) atoms. The number of carbonyl (C=O) groups is 3. The molecule has 14 heteroatoms. The Morgan fingerprint density at radius 1 is 0.966 bits per heavy atom. The van der Waals surface area contributed by atoms with Gasteiger partial charge in [0.25, 0.3) is 11.8 Å². The zero-order valence-electron chi connectivity index (χ0n) is 32.5. The van der Waals surface area contributed by atoms with Crippen molar-refractivity contribution < 1.29 is 37.4 Å². The highest BCUT2D eigenvalue weighted by Gasteiger charge is 2.33. The maximum atomic E-state index is 13.2. The second-order valence-electron chi connectivity index (χ2n) is 15.8. The number of unbranched alkanes of at least 4 members (excludes halogenated alkanes) is 2. The van der Waals surface area contributed by atoms with Crippen molar-refractivity contribution in [3.63, 3.8) is 0 Å². The van der Waals surface area contributed by atoms with Crippen LogP contribution in [0.3, 0.4) is 0 Å². The smallest absolute Gasteiger partial charge is 0.433 e. The van der Waals surface area contributed by atoms with E-state index < -0.39 is 29.3 Å². The van der Waals surface area contributed by atoms with Crippen molar-refractivity contribution in [2.24, 2.45) is 5.92 Å². The predicted octanol–water partition coefficient (Wildman–Crippen LogP) is 8.27. The summed E-state index contributed by atoms with van der Waals surface area (Å²) in [4.78, 5) is 40.6.